The quantitative estimate of drug-likeness (QED) is 0.0365. The Morgan fingerprint density at radius 2 is 0.859 bits per heavy atom. The molecule has 0 fully saturated rings. The van der Waals surface area contributed by atoms with Gasteiger partial charge in [0.25, 0.3) is 0 Å². The Morgan fingerprint density at radius 1 is 0.493 bits per heavy atom. The van der Waals surface area contributed by atoms with E-state index in [4.69, 9.17) is 42.6 Å². The van der Waals surface area contributed by atoms with Gasteiger partial charge in [-0.25, -0.2) is 0 Å². The van der Waals surface area contributed by atoms with Gasteiger partial charge in [-0.2, -0.15) is 0 Å². The van der Waals surface area contributed by atoms with Crippen molar-refractivity contribution in [1.29, 1.82) is 0 Å². The van der Waals surface area contributed by atoms with E-state index in [0.717, 1.165) is 17.7 Å². The van der Waals surface area contributed by atoms with E-state index in [2.05, 4.69) is 17.2 Å². The number of carbonyl (C=O) groups is 2. The first-order chi connectivity index (χ1) is 34.3. The molecule has 398 valence electrons. The molecule has 0 aliphatic carbocycles. The van der Waals surface area contributed by atoms with Gasteiger partial charge in [0.15, 0.2) is 0 Å². The van der Waals surface area contributed by atoms with Gasteiger partial charge in [0.05, 0.1) is 119 Å². The number of methoxy groups -OCH3 is 1. The summed E-state index contributed by atoms with van der Waals surface area (Å²) in [6, 6.07) is 18.0. The molecule has 3 rings (SSSR count). The Hall–Kier alpha value is -4.39. The molecule has 0 aromatic heterocycles. The lowest BCUT2D eigenvalue weighted by Gasteiger charge is -2.27. The van der Waals surface area contributed by atoms with Crippen molar-refractivity contribution in [2.45, 2.75) is 26.2 Å². The summed E-state index contributed by atoms with van der Waals surface area (Å²) >= 11 is 0. The maximum atomic E-state index is 14.1. The number of nitrogens with zero attached hydrogens (tertiary/aromatic N) is 2. The molecule has 0 saturated heterocycles. The smallest absolute Gasteiger partial charge is 0.445 e. The Morgan fingerprint density at radius 3 is 1.28 bits per heavy atom. The normalized spacial score (nSPS) is 12.0. The molecule has 0 unspecified atom stereocenters. The first-order valence-electron chi connectivity index (χ1n) is 23.7. The van der Waals surface area contributed by atoms with Crippen LogP contribution in [0.3, 0.4) is 0 Å². The first-order valence-corrected chi connectivity index (χ1v) is 23.7. The molecule has 0 saturated carbocycles. The fraction of sp³-hybridized carbons (Fsp3) is 0.542. The third kappa shape index (κ3) is 28.4. The van der Waals surface area contributed by atoms with E-state index < -0.39 is 30.8 Å². The van der Waals surface area contributed by atoms with Crippen LogP contribution in [-0.4, -0.2) is 181 Å². The summed E-state index contributed by atoms with van der Waals surface area (Å²) in [6.07, 6.45) is 1.18. The van der Waals surface area contributed by atoms with Crippen LogP contribution in [0.5, 0.6) is 0 Å². The highest BCUT2D eigenvalue weighted by Gasteiger charge is 2.29. The number of hydrogen-bond donors (Lipinski definition) is 2. The number of nitrogens with one attached hydrogen (secondary N) is 2. The Labute approximate surface area is 413 Å². The van der Waals surface area contributed by atoms with Crippen molar-refractivity contribution in [3.63, 3.8) is 0 Å². The lowest BCUT2D eigenvalue weighted by molar-refractivity contribution is -0.122. The average molecular weight is 1010 g/mol. The van der Waals surface area contributed by atoms with Crippen LogP contribution < -0.4 is 21.6 Å². The number of rotatable bonds is 43. The van der Waals surface area contributed by atoms with E-state index in [9.17, 15) is 35.5 Å². The Bertz CT molecular complexity index is 1910. The van der Waals surface area contributed by atoms with Gasteiger partial charge in [0.1, 0.15) is 0 Å². The van der Waals surface area contributed by atoms with Crippen molar-refractivity contribution in [3.05, 3.63) is 108 Å². The molecule has 2 amide bonds. The molecule has 0 aliphatic heterocycles. The molecule has 15 nitrogen and oxygen atoms in total. The van der Waals surface area contributed by atoms with Gasteiger partial charge in [0, 0.05) is 52.9 Å². The highest BCUT2D eigenvalue weighted by Crippen LogP contribution is 2.18. The number of hydrogen-bond acceptors (Lipinski definition) is 13. The molecule has 3 aromatic carbocycles. The summed E-state index contributed by atoms with van der Waals surface area (Å²) in [6.45, 7) is -0.389. The van der Waals surface area contributed by atoms with Crippen molar-refractivity contribution in [2.75, 3.05) is 146 Å². The predicted molar refractivity (Wildman–Crippen MR) is 260 cm³/mol. The van der Waals surface area contributed by atoms with Gasteiger partial charge in [-0.05, 0) is 17.2 Å². The van der Waals surface area contributed by atoms with Crippen LogP contribution in [0.15, 0.2) is 85.5 Å². The number of amides is 2. The number of halogens is 6. The molecular weight excluding hydrogens is 944 g/mol. The summed E-state index contributed by atoms with van der Waals surface area (Å²) in [4.78, 5) is 27.7. The van der Waals surface area contributed by atoms with Crippen molar-refractivity contribution >= 4 is 36.7 Å². The zero-order chi connectivity index (χ0) is 51.4. The van der Waals surface area contributed by atoms with Crippen molar-refractivity contribution < 1.29 is 78.1 Å². The predicted octanol–water partition coefficient (Wildman–Crippen LogP) is 4.00. The Kier molecular flexibility index (Phi) is 31.3. The van der Waals surface area contributed by atoms with E-state index in [1.807, 2.05) is 17.0 Å². The van der Waals surface area contributed by atoms with Crippen LogP contribution >= 0.6 is 0 Å². The lowest BCUT2D eigenvalue weighted by atomic mass is 9.76. The van der Waals surface area contributed by atoms with Gasteiger partial charge in [-0.1, -0.05) is 90.5 Å². The molecule has 0 bridgehead atoms. The minimum absolute atomic E-state index is 0.00606. The highest BCUT2D eigenvalue weighted by molar-refractivity contribution is 6.74. The first kappa shape index (κ1) is 60.9. The molecule has 3 aromatic rings. The SMILES string of the molecule is C=CC(=O)NCCOCCOCCOCCOCCN(Cc1ccc(CN(CC(=O)NCCOCCOCCOCCOCCOC)Cc2ccccc2[B-](F)(F)F)cc1)Cc1ccccc1[B-](F)(F)F. The van der Waals surface area contributed by atoms with Gasteiger partial charge < -0.3 is 79.2 Å². The van der Waals surface area contributed by atoms with E-state index in [1.165, 1.54) is 36.4 Å². The second-order valence-corrected chi connectivity index (χ2v) is 16.0. The zero-order valence-corrected chi connectivity index (χ0v) is 40.7. The lowest BCUT2D eigenvalue weighted by Crippen LogP contribution is -2.41. The number of benzene rings is 3. The van der Waals surface area contributed by atoms with Crippen LogP contribution in [0.1, 0.15) is 22.3 Å². The molecule has 71 heavy (non-hydrogen) atoms. The summed E-state index contributed by atoms with van der Waals surface area (Å²) in [5.74, 6) is -0.672. The minimum atomic E-state index is -5.32. The largest absolute Gasteiger partial charge is 0.509 e. The van der Waals surface area contributed by atoms with Gasteiger partial charge in [-0.3, -0.25) is 19.4 Å². The van der Waals surface area contributed by atoms with E-state index >= 15 is 0 Å². The van der Waals surface area contributed by atoms with Crippen LogP contribution in [0, 0.1) is 0 Å². The Balaban J connectivity index is 1.52. The summed E-state index contributed by atoms with van der Waals surface area (Å²) in [5, 5.41) is 5.37. The van der Waals surface area contributed by atoms with E-state index in [-0.39, 0.29) is 89.3 Å². The van der Waals surface area contributed by atoms with Crippen LogP contribution in [-0.2, 0) is 78.4 Å². The molecule has 0 aliphatic rings. The van der Waals surface area contributed by atoms with Gasteiger partial charge in [-0.15, -0.1) is 10.9 Å². The third-order valence-corrected chi connectivity index (χ3v) is 10.3. The fourth-order valence-corrected chi connectivity index (χ4v) is 6.82. The highest BCUT2D eigenvalue weighted by atomic mass is 19.4. The maximum Gasteiger partial charge on any atom is 0.509 e. The van der Waals surface area contributed by atoms with E-state index in [0.29, 0.717) is 97.9 Å². The van der Waals surface area contributed by atoms with Crippen molar-refractivity contribution in [1.82, 2.24) is 20.4 Å². The minimum Gasteiger partial charge on any atom is -0.445 e. The monoisotopic (exact) mass is 1010 g/mol. The van der Waals surface area contributed by atoms with E-state index in [1.54, 1.807) is 30.2 Å². The van der Waals surface area contributed by atoms with Gasteiger partial charge >= 0.3 is 14.0 Å². The molecule has 0 spiro atoms. The average Bonchev–Trinajstić information content (AvgIpc) is 3.34. The zero-order valence-electron chi connectivity index (χ0n) is 40.7. The summed E-state index contributed by atoms with van der Waals surface area (Å²) in [5.41, 5.74) is 0.261. The molecule has 0 heterocycles. The molecule has 2 N–H and O–H groups in total. The summed E-state index contributed by atoms with van der Waals surface area (Å²) < 4.78 is 133. The second kappa shape index (κ2) is 36.5. The maximum absolute atomic E-state index is 14.1. The van der Waals surface area contributed by atoms with Crippen LogP contribution in [0.25, 0.3) is 0 Å². The molecule has 0 radical (unpaired) electrons. The summed E-state index contributed by atoms with van der Waals surface area (Å²) in [7, 11) is 1.60. The standard InChI is InChI=1S/C48H70B2F6N4O11/c1-3-47(61)57-16-19-64-24-27-68-32-34-70-29-26-66-21-18-59(38-43-8-4-6-10-45(43)49(51,52)53)36-41-12-14-42(15-13-41)37-60(39-44-9-5-7-11-46(44)50(54,55)56)40-48(62)58-17-20-65-25-28-69-33-35-71-31-30-67-23-22-63-2/h3-15H,1,16-40H2,2H3,(H,57,61)(H,58,62)/q-2. The number of ether oxygens (including phenoxy) is 9. The van der Waals surface area contributed by atoms with Crippen LogP contribution in [0.2, 0.25) is 0 Å². The second-order valence-electron chi connectivity index (χ2n) is 16.0. The van der Waals surface area contributed by atoms with Gasteiger partial charge in [0.2, 0.25) is 11.8 Å². The fourth-order valence-electron chi connectivity index (χ4n) is 6.82. The molecule has 23 heteroatoms. The van der Waals surface area contributed by atoms with Crippen molar-refractivity contribution in [3.8, 4) is 0 Å². The molecular formula is C48H70B2F6N4O11-2. The van der Waals surface area contributed by atoms with Crippen LogP contribution in [0.4, 0.5) is 25.9 Å². The number of carbonyl (C=O) groups excluding carboxylic acids is 2. The topological polar surface area (TPSA) is 148 Å². The van der Waals surface area contributed by atoms with Crippen molar-refractivity contribution in [2.24, 2.45) is 0 Å². The molecule has 0 atom stereocenters. The third-order valence-electron chi connectivity index (χ3n) is 10.3.